The van der Waals surface area contributed by atoms with E-state index in [0.717, 1.165) is 18.4 Å². The van der Waals surface area contributed by atoms with E-state index in [-0.39, 0.29) is 28.7 Å². The van der Waals surface area contributed by atoms with Crippen molar-refractivity contribution in [1.29, 1.82) is 0 Å². The maximum absolute atomic E-state index is 13.3. The minimum Gasteiger partial charge on any atom is -0.376 e. The molecule has 27 heavy (non-hydrogen) atoms. The fourth-order valence-corrected chi connectivity index (χ4v) is 3.07. The Morgan fingerprint density at radius 1 is 1.11 bits per heavy atom. The number of halogens is 3. The maximum atomic E-state index is 13.3. The number of aryl methyl sites for hydroxylation is 1. The highest BCUT2D eigenvalue weighted by Gasteiger charge is 2.16. The number of rotatable bonds is 5. The molecule has 3 rings (SSSR count). The Bertz CT molecular complexity index is 1090. The highest BCUT2D eigenvalue weighted by atomic mass is 32.2. The zero-order valence-corrected chi connectivity index (χ0v) is 15.1. The van der Waals surface area contributed by atoms with Gasteiger partial charge in [0.2, 0.25) is 11.7 Å². The molecule has 0 radical (unpaired) electrons. The monoisotopic (exact) mass is 397 g/mol. The van der Waals surface area contributed by atoms with E-state index in [1.165, 1.54) is 12.1 Å². The summed E-state index contributed by atoms with van der Waals surface area (Å²) in [4.78, 5) is 4.20. The molecule has 3 aromatic rings. The van der Waals surface area contributed by atoms with Crippen LogP contribution in [0.3, 0.4) is 0 Å². The van der Waals surface area contributed by atoms with Crippen LogP contribution < -0.4 is 5.32 Å². The molecule has 0 unspecified atom stereocenters. The van der Waals surface area contributed by atoms with Gasteiger partial charge in [-0.25, -0.2) is 21.6 Å². The van der Waals surface area contributed by atoms with Gasteiger partial charge in [-0.2, -0.15) is 4.98 Å². The summed E-state index contributed by atoms with van der Waals surface area (Å²) < 4.78 is 67.7. The van der Waals surface area contributed by atoms with Crippen LogP contribution in [0.5, 0.6) is 0 Å². The van der Waals surface area contributed by atoms with Gasteiger partial charge >= 0.3 is 0 Å². The summed E-state index contributed by atoms with van der Waals surface area (Å²) in [5, 5.41) is 6.62. The van der Waals surface area contributed by atoms with Crippen molar-refractivity contribution in [2.75, 3.05) is 11.6 Å². The third kappa shape index (κ3) is 4.11. The van der Waals surface area contributed by atoms with Crippen molar-refractivity contribution in [1.82, 2.24) is 10.1 Å². The summed E-state index contributed by atoms with van der Waals surface area (Å²) in [5.41, 5.74) is 1.29. The Morgan fingerprint density at radius 2 is 1.78 bits per heavy atom. The molecule has 1 N–H and O–H groups in total. The summed E-state index contributed by atoms with van der Waals surface area (Å²) >= 11 is 0. The average Bonchev–Trinajstić information content (AvgIpc) is 3.06. The first-order valence-electron chi connectivity index (χ1n) is 7.67. The Kier molecular flexibility index (Phi) is 4.92. The topological polar surface area (TPSA) is 85.1 Å². The van der Waals surface area contributed by atoms with Crippen LogP contribution in [0.15, 0.2) is 39.8 Å². The second-order valence-electron chi connectivity index (χ2n) is 5.87. The van der Waals surface area contributed by atoms with Crippen molar-refractivity contribution in [3.05, 3.63) is 59.2 Å². The fraction of sp³-hybridized carbons (Fsp3) is 0.176. The Labute approximate surface area is 152 Å². The van der Waals surface area contributed by atoms with Gasteiger partial charge in [0.25, 0.3) is 0 Å². The fourth-order valence-electron chi connectivity index (χ4n) is 2.36. The van der Waals surface area contributed by atoms with Gasteiger partial charge in [-0.1, -0.05) is 5.16 Å². The lowest BCUT2D eigenvalue weighted by molar-refractivity contribution is 0.384. The molecule has 0 atom stereocenters. The van der Waals surface area contributed by atoms with Crippen LogP contribution in [0.25, 0.3) is 11.4 Å². The van der Waals surface area contributed by atoms with E-state index in [1.807, 2.05) is 0 Å². The zero-order chi connectivity index (χ0) is 19.8. The molecule has 0 fully saturated rings. The number of hydrogen-bond donors (Lipinski definition) is 1. The predicted molar refractivity (Wildman–Crippen MR) is 91.2 cm³/mol. The number of aromatic nitrogens is 2. The van der Waals surface area contributed by atoms with Gasteiger partial charge in [-0.05, 0) is 42.8 Å². The third-order valence-corrected chi connectivity index (χ3v) is 4.88. The summed E-state index contributed by atoms with van der Waals surface area (Å²) in [6, 6.07) is 6.14. The van der Waals surface area contributed by atoms with Crippen LogP contribution in [0, 0.1) is 24.4 Å². The predicted octanol–water partition coefficient (Wildman–Crippen LogP) is 3.48. The summed E-state index contributed by atoms with van der Waals surface area (Å²) in [6.45, 7) is 1.83. The first-order chi connectivity index (χ1) is 12.6. The van der Waals surface area contributed by atoms with Gasteiger partial charge in [-0.3, -0.25) is 0 Å². The molecule has 1 aromatic heterocycles. The van der Waals surface area contributed by atoms with Crippen LogP contribution in [-0.4, -0.2) is 24.8 Å². The van der Waals surface area contributed by atoms with E-state index in [4.69, 9.17) is 4.52 Å². The highest BCUT2D eigenvalue weighted by molar-refractivity contribution is 7.90. The smallest absolute Gasteiger partial charge is 0.246 e. The minimum atomic E-state index is -3.30. The molecule has 2 aromatic carbocycles. The van der Waals surface area contributed by atoms with Crippen LogP contribution >= 0.6 is 0 Å². The SMILES string of the molecule is Cc1cc(S(C)(=O)=O)ccc1NCc1nc(-c2cc(F)c(F)c(F)c2)no1. The summed E-state index contributed by atoms with van der Waals surface area (Å²) in [7, 11) is -3.30. The van der Waals surface area contributed by atoms with Gasteiger partial charge in [0.15, 0.2) is 27.3 Å². The Hall–Kier alpha value is -2.88. The molecule has 6 nitrogen and oxygen atoms in total. The number of sulfone groups is 1. The molecular formula is C17H14F3N3O3S. The van der Waals surface area contributed by atoms with Crippen molar-refractivity contribution in [3.63, 3.8) is 0 Å². The molecule has 142 valence electrons. The molecular weight excluding hydrogens is 383 g/mol. The lowest BCUT2D eigenvalue weighted by atomic mass is 10.2. The second-order valence-corrected chi connectivity index (χ2v) is 7.88. The van der Waals surface area contributed by atoms with Gasteiger partial charge < -0.3 is 9.84 Å². The molecule has 0 aliphatic heterocycles. The molecule has 0 saturated carbocycles. The van der Waals surface area contributed by atoms with Crippen molar-refractivity contribution < 1.29 is 26.1 Å². The van der Waals surface area contributed by atoms with Crippen LogP contribution in [0.4, 0.5) is 18.9 Å². The van der Waals surface area contributed by atoms with Crippen LogP contribution in [-0.2, 0) is 16.4 Å². The largest absolute Gasteiger partial charge is 0.376 e. The number of anilines is 1. The molecule has 1 heterocycles. The van der Waals surface area contributed by atoms with E-state index in [1.54, 1.807) is 13.0 Å². The molecule has 0 aliphatic carbocycles. The Morgan fingerprint density at radius 3 is 2.37 bits per heavy atom. The standard InChI is InChI=1S/C17H14F3N3O3S/c1-9-5-11(27(2,24)25)3-4-14(9)21-8-15-22-17(23-26-15)10-6-12(18)16(20)13(19)7-10/h3-7,21H,8H2,1-2H3. The zero-order valence-electron chi connectivity index (χ0n) is 14.3. The average molecular weight is 397 g/mol. The second kappa shape index (κ2) is 7.03. The van der Waals surface area contributed by atoms with E-state index in [0.29, 0.717) is 11.3 Å². The van der Waals surface area contributed by atoms with E-state index in [9.17, 15) is 21.6 Å². The first kappa shape index (κ1) is 18.9. The van der Waals surface area contributed by atoms with Crippen molar-refractivity contribution in [3.8, 4) is 11.4 Å². The maximum Gasteiger partial charge on any atom is 0.246 e. The van der Waals surface area contributed by atoms with Crippen molar-refractivity contribution >= 4 is 15.5 Å². The molecule has 0 bridgehead atoms. The highest BCUT2D eigenvalue weighted by Crippen LogP contribution is 2.23. The van der Waals surface area contributed by atoms with Crippen molar-refractivity contribution in [2.45, 2.75) is 18.4 Å². The number of benzene rings is 2. The lowest BCUT2D eigenvalue weighted by Crippen LogP contribution is -2.03. The molecule has 0 spiro atoms. The number of nitrogens with one attached hydrogen (secondary N) is 1. The number of nitrogens with zero attached hydrogens (tertiary/aromatic N) is 2. The van der Waals surface area contributed by atoms with Gasteiger partial charge in [-0.15, -0.1) is 0 Å². The van der Waals surface area contributed by atoms with Gasteiger partial charge in [0, 0.05) is 17.5 Å². The molecule has 0 amide bonds. The van der Waals surface area contributed by atoms with Gasteiger partial charge in [0.1, 0.15) is 0 Å². The summed E-state index contributed by atoms with van der Waals surface area (Å²) in [6.07, 6.45) is 1.12. The molecule has 10 heteroatoms. The normalized spacial score (nSPS) is 11.6. The third-order valence-electron chi connectivity index (χ3n) is 3.77. The van der Waals surface area contributed by atoms with E-state index < -0.39 is 27.3 Å². The quantitative estimate of drug-likeness (QED) is 0.664. The number of hydrogen-bond acceptors (Lipinski definition) is 6. The van der Waals surface area contributed by atoms with Gasteiger partial charge in [0.05, 0.1) is 11.4 Å². The van der Waals surface area contributed by atoms with E-state index >= 15 is 0 Å². The van der Waals surface area contributed by atoms with Crippen molar-refractivity contribution in [2.24, 2.45) is 0 Å². The first-order valence-corrected chi connectivity index (χ1v) is 9.56. The van der Waals surface area contributed by atoms with Crippen LogP contribution in [0.1, 0.15) is 11.5 Å². The lowest BCUT2D eigenvalue weighted by Gasteiger charge is -2.08. The molecule has 0 saturated heterocycles. The minimum absolute atomic E-state index is 0.0601. The van der Waals surface area contributed by atoms with Crippen LogP contribution in [0.2, 0.25) is 0 Å². The van der Waals surface area contributed by atoms with E-state index in [2.05, 4.69) is 15.5 Å². The molecule has 0 aliphatic rings. The Balaban J connectivity index is 1.76. The summed E-state index contributed by atoms with van der Waals surface area (Å²) in [5.74, 6) is -4.24.